The highest BCUT2D eigenvalue weighted by Gasteiger charge is 2.19. The van der Waals surface area contributed by atoms with E-state index in [0.717, 1.165) is 23.1 Å². The van der Waals surface area contributed by atoms with Gasteiger partial charge in [-0.3, -0.25) is 9.10 Å². The van der Waals surface area contributed by atoms with Crippen LogP contribution in [0.25, 0.3) is 0 Å². The Hall–Kier alpha value is -3.03. The van der Waals surface area contributed by atoms with Gasteiger partial charge in [0.2, 0.25) is 10.0 Å². The van der Waals surface area contributed by atoms with Crippen LogP contribution in [0.3, 0.4) is 0 Å². The molecular formula is C25H27ClN2O4S. The van der Waals surface area contributed by atoms with E-state index in [-0.39, 0.29) is 12.5 Å². The molecule has 0 saturated carbocycles. The number of nitrogens with one attached hydrogen (secondary N) is 1. The van der Waals surface area contributed by atoms with E-state index in [2.05, 4.69) is 5.32 Å². The van der Waals surface area contributed by atoms with E-state index >= 15 is 0 Å². The maximum Gasteiger partial charge on any atom is 0.251 e. The molecule has 0 aliphatic carbocycles. The Morgan fingerprint density at radius 1 is 1.00 bits per heavy atom. The van der Waals surface area contributed by atoms with Gasteiger partial charge >= 0.3 is 0 Å². The van der Waals surface area contributed by atoms with Crippen molar-refractivity contribution in [2.24, 2.45) is 0 Å². The molecule has 0 spiro atoms. The number of anilines is 1. The lowest BCUT2D eigenvalue weighted by Gasteiger charge is -2.23. The molecular weight excluding hydrogens is 460 g/mol. The topological polar surface area (TPSA) is 75.7 Å². The lowest BCUT2D eigenvalue weighted by molar-refractivity contribution is 0.0947. The predicted octanol–water partition coefficient (Wildman–Crippen LogP) is 4.73. The number of aryl methyl sites for hydroxylation is 1. The van der Waals surface area contributed by atoms with Crippen LogP contribution in [0.15, 0.2) is 66.7 Å². The second-order valence-corrected chi connectivity index (χ2v) is 10.0. The van der Waals surface area contributed by atoms with Gasteiger partial charge in [0.25, 0.3) is 5.91 Å². The van der Waals surface area contributed by atoms with Gasteiger partial charge in [-0.15, -0.1) is 0 Å². The maximum atomic E-state index is 12.5. The van der Waals surface area contributed by atoms with Crippen molar-refractivity contribution in [1.29, 1.82) is 0 Å². The van der Waals surface area contributed by atoms with Gasteiger partial charge in [0.05, 0.1) is 25.0 Å². The van der Waals surface area contributed by atoms with Crippen LogP contribution in [-0.2, 0) is 16.6 Å². The average Bonchev–Trinajstić information content (AvgIpc) is 2.78. The molecule has 0 aliphatic rings. The normalized spacial score (nSPS) is 11.2. The average molecular weight is 487 g/mol. The van der Waals surface area contributed by atoms with E-state index in [1.165, 1.54) is 4.31 Å². The van der Waals surface area contributed by atoms with E-state index in [1.807, 2.05) is 32.0 Å². The third-order valence-electron chi connectivity index (χ3n) is 5.29. The molecule has 6 nitrogen and oxygen atoms in total. The van der Waals surface area contributed by atoms with Crippen molar-refractivity contribution in [1.82, 2.24) is 5.32 Å². The number of rotatable bonds is 9. The first-order valence-electron chi connectivity index (χ1n) is 10.4. The number of hydrogen-bond donors (Lipinski definition) is 1. The van der Waals surface area contributed by atoms with E-state index in [1.54, 1.807) is 48.5 Å². The van der Waals surface area contributed by atoms with E-state index < -0.39 is 10.0 Å². The summed E-state index contributed by atoms with van der Waals surface area (Å²) in [5.74, 6) is 0.538. The molecule has 0 aliphatic heterocycles. The van der Waals surface area contributed by atoms with E-state index in [9.17, 15) is 13.2 Å². The number of ether oxygens (including phenoxy) is 1. The zero-order valence-electron chi connectivity index (χ0n) is 18.8. The van der Waals surface area contributed by atoms with Crippen molar-refractivity contribution < 1.29 is 17.9 Å². The molecule has 3 aromatic carbocycles. The molecule has 0 radical (unpaired) electrons. The van der Waals surface area contributed by atoms with Gasteiger partial charge in [-0.05, 0) is 66.9 Å². The van der Waals surface area contributed by atoms with Crippen molar-refractivity contribution in [2.45, 2.75) is 20.4 Å². The molecule has 0 atom stereocenters. The van der Waals surface area contributed by atoms with Gasteiger partial charge in [-0.1, -0.05) is 41.9 Å². The fourth-order valence-corrected chi connectivity index (χ4v) is 4.34. The summed E-state index contributed by atoms with van der Waals surface area (Å²) >= 11 is 6.20. The Morgan fingerprint density at radius 2 is 1.70 bits per heavy atom. The van der Waals surface area contributed by atoms with Crippen LogP contribution in [0.2, 0.25) is 5.02 Å². The smallest absolute Gasteiger partial charge is 0.251 e. The van der Waals surface area contributed by atoms with E-state index in [0.29, 0.717) is 35.0 Å². The second kappa shape index (κ2) is 10.7. The zero-order valence-corrected chi connectivity index (χ0v) is 20.4. The van der Waals surface area contributed by atoms with Crippen LogP contribution in [0.4, 0.5) is 5.69 Å². The number of benzene rings is 3. The number of carbonyl (C=O) groups is 1. The minimum absolute atomic E-state index is 0.0970. The molecule has 1 N–H and O–H groups in total. The van der Waals surface area contributed by atoms with Gasteiger partial charge < -0.3 is 10.1 Å². The molecule has 1 amide bonds. The molecule has 0 fully saturated rings. The largest absolute Gasteiger partial charge is 0.491 e. The Morgan fingerprint density at radius 3 is 2.36 bits per heavy atom. The number of sulfonamides is 1. The highest BCUT2D eigenvalue weighted by molar-refractivity contribution is 7.92. The zero-order chi connectivity index (χ0) is 24.0. The summed E-state index contributed by atoms with van der Waals surface area (Å²) in [4.78, 5) is 12.5. The molecule has 0 aromatic heterocycles. The number of amides is 1. The highest BCUT2D eigenvalue weighted by atomic mass is 35.5. The molecule has 33 heavy (non-hydrogen) atoms. The first kappa shape index (κ1) is 24.6. The SMILES string of the molecule is Cc1cccc(OCCNC(=O)c2ccc(N(Cc3ccccc3Cl)S(C)(=O)=O)cc2)c1C. The number of hydrogen-bond acceptors (Lipinski definition) is 4. The molecule has 0 saturated heterocycles. The van der Waals surface area contributed by atoms with Gasteiger partial charge in [0.1, 0.15) is 12.4 Å². The third kappa shape index (κ3) is 6.49. The second-order valence-electron chi connectivity index (χ2n) is 7.71. The van der Waals surface area contributed by atoms with E-state index in [4.69, 9.17) is 16.3 Å². The van der Waals surface area contributed by atoms with Crippen molar-refractivity contribution in [2.75, 3.05) is 23.7 Å². The van der Waals surface area contributed by atoms with Crippen LogP contribution >= 0.6 is 11.6 Å². The Balaban J connectivity index is 1.62. The maximum absolute atomic E-state index is 12.5. The molecule has 174 valence electrons. The lowest BCUT2D eigenvalue weighted by Crippen LogP contribution is -2.30. The highest BCUT2D eigenvalue weighted by Crippen LogP contribution is 2.24. The van der Waals surface area contributed by atoms with Crippen LogP contribution in [0.5, 0.6) is 5.75 Å². The van der Waals surface area contributed by atoms with Crippen LogP contribution in [-0.4, -0.2) is 33.7 Å². The first-order chi connectivity index (χ1) is 15.7. The summed E-state index contributed by atoms with van der Waals surface area (Å²) < 4.78 is 31.8. The van der Waals surface area contributed by atoms with Gasteiger partial charge in [-0.2, -0.15) is 0 Å². The van der Waals surface area contributed by atoms with Crippen molar-refractivity contribution >= 4 is 33.2 Å². The summed E-state index contributed by atoms with van der Waals surface area (Å²) in [6.07, 6.45) is 1.14. The molecule has 8 heteroatoms. The fourth-order valence-electron chi connectivity index (χ4n) is 3.27. The first-order valence-corrected chi connectivity index (χ1v) is 12.7. The molecule has 0 heterocycles. The minimum Gasteiger partial charge on any atom is -0.491 e. The fraction of sp³-hybridized carbons (Fsp3) is 0.240. The van der Waals surface area contributed by atoms with Gasteiger partial charge in [-0.25, -0.2) is 8.42 Å². The Labute approximate surface area is 200 Å². The van der Waals surface area contributed by atoms with Crippen LogP contribution in [0, 0.1) is 13.8 Å². The quantitative estimate of drug-likeness (QED) is 0.443. The van der Waals surface area contributed by atoms with Crippen molar-refractivity contribution in [3.63, 3.8) is 0 Å². The minimum atomic E-state index is -3.56. The molecule has 0 bridgehead atoms. The van der Waals surface area contributed by atoms with Crippen LogP contribution < -0.4 is 14.4 Å². The van der Waals surface area contributed by atoms with Gasteiger partial charge in [0.15, 0.2) is 0 Å². The predicted molar refractivity (Wildman–Crippen MR) is 133 cm³/mol. The number of carbonyl (C=O) groups excluding carboxylic acids is 1. The van der Waals surface area contributed by atoms with Crippen molar-refractivity contribution in [3.8, 4) is 5.75 Å². The van der Waals surface area contributed by atoms with Crippen molar-refractivity contribution in [3.05, 3.63) is 94.0 Å². The van der Waals surface area contributed by atoms with Crippen LogP contribution in [0.1, 0.15) is 27.0 Å². The number of nitrogens with zero attached hydrogens (tertiary/aromatic N) is 1. The monoisotopic (exact) mass is 486 g/mol. The summed E-state index contributed by atoms with van der Waals surface area (Å²) in [7, 11) is -3.56. The molecule has 3 aromatic rings. The Bertz CT molecular complexity index is 1230. The summed E-state index contributed by atoms with van der Waals surface area (Å²) in [5, 5.41) is 3.31. The van der Waals surface area contributed by atoms with Gasteiger partial charge in [0, 0.05) is 10.6 Å². The summed E-state index contributed by atoms with van der Waals surface area (Å²) in [6, 6.07) is 19.4. The molecule has 3 rings (SSSR count). The number of halogens is 1. The molecule has 0 unspecified atom stereocenters. The Kier molecular flexibility index (Phi) is 8.00. The summed E-state index contributed by atoms with van der Waals surface area (Å²) in [5.41, 5.74) is 3.79. The third-order valence-corrected chi connectivity index (χ3v) is 6.80. The standard InChI is InChI=1S/C25H27ClN2O4S/c1-18-7-6-10-24(19(18)2)32-16-15-27-25(29)20-11-13-22(14-12-20)28(33(3,30)31)17-21-8-4-5-9-23(21)26/h4-14H,15-17H2,1-3H3,(H,27,29). The lowest BCUT2D eigenvalue weighted by atomic mass is 10.1. The summed E-state index contributed by atoms with van der Waals surface area (Å²) in [6.45, 7) is 4.80.